The third-order valence-corrected chi connectivity index (χ3v) is 9.07. The van der Waals surface area contributed by atoms with E-state index < -0.39 is 16.0 Å². The predicted octanol–water partition coefficient (Wildman–Crippen LogP) is 4.83. The second kappa shape index (κ2) is 9.51. The van der Waals surface area contributed by atoms with E-state index in [2.05, 4.69) is 15.9 Å². The number of nitrogens with zero attached hydrogens (tertiary/aromatic N) is 4. The van der Waals surface area contributed by atoms with E-state index in [1.807, 2.05) is 33.5 Å². The first-order chi connectivity index (χ1) is 15.4. The van der Waals surface area contributed by atoms with E-state index in [1.165, 1.54) is 7.05 Å². The van der Waals surface area contributed by atoms with Crippen molar-refractivity contribution in [2.45, 2.75) is 42.8 Å². The number of hydrogen-bond acceptors (Lipinski definition) is 4. The van der Waals surface area contributed by atoms with E-state index in [4.69, 9.17) is 23.2 Å². The summed E-state index contributed by atoms with van der Waals surface area (Å²) in [6, 6.07) is 9.82. The van der Waals surface area contributed by atoms with Crippen molar-refractivity contribution in [1.82, 2.24) is 14.2 Å². The first kappa shape index (κ1) is 23.2. The van der Waals surface area contributed by atoms with Crippen LogP contribution in [0.15, 0.2) is 64.5 Å². The van der Waals surface area contributed by atoms with Crippen LogP contribution in [0.1, 0.15) is 25.0 Å². The van der Waals surface area contributed by atoms with Crippen LogP contribution >= 0.6 is 23.2 Å². The monoisotopic (exact) mass is 492 g/mol. The number of piperidine rings is 1. The molecule has 4 rings (SSSR count). The Labute approximate surface area is 199 Å². The van der Waals surface area contributed by atoms with Crippen molar-refractivity contribution < 1.29 is 9.00 Å². The molecule has 6 nitrogen and oxygen atoms in total. The zero-order valence-electron chi connectivity index (χ0n) is 17.9. The highest BCUT2D eigenvalue weighted by molar-refractivity contribution is 7.91. The number of fused-ring (bicyclic) bond motifs is 2. The van der Waals surface area contributed by atoms with E-state index >= 15 is 0 Å². The molecule has 2 aliphatic heterocycles. The zero-order chi connectivity index (χ0) is 22.9. The van der Waals surface area contributed by atoms with Crippen molar-refractivity contribution in [2.75, 3.05) is 13.6 Å². The minimum absolute atomic E-state index is 0.0609. The van der Waals surface area contributed by atoms with Crippen molar-refractivity contribution in [3.05, 3.63) is 71.0 Å². The third-order valence-electron chi connectivity index (χ3n) is 6.19. The number of amides is 1. The van der Waals surface area contributed by atoms with Crippen LogP contribution < -0.4 is 0 Å². The van der Waals surface area contributed by atoms with Gasteiger partial charge in [-0.05, 0) is 49.6 Å². The molecule has 0 aliphatic carbocycles. The Morgan fingerprint density at radius 3 is 2.62 bits per heavy atom. The van der Waals surface area contributed by atoms with Crippen molar-refractivity contribution in [1.29, 1.82) is 0 Å². The minimum Gasteiger partial charge on any atom is -0.335 e. The maximum Gasteiger partial charge on any atom is 0.241 e. The molecule has 9 heteroatoms. The maximum absolute atomic E-state index is 14.5. The summed E-state index contributed by atoms with van der Waals surface area (Å²) in [7, 11) is -1.60. The smallest absolute Gasteiger partial charge is 0.241 e. The van der Waals surface area contributed by atoms with Gasteiger partial charge >= 0.3 is 0 Å². The van der Waals surface area contributed by atoms with Gasteiger partial charge in [-0.2, -0.15) is 4.31 Å². The van der Waals surface area contributed by atoms with Crippen molar-refractivity contribution in [2.24, 2.45) is 10.3 Å². The number of rotatable bonds is 5. The maximum atomic E-state index is 14.5. The van der Waals surface area contributed by atoms with Gasteiger partial charge in [-0.1, -0.05) is 35.3 Å². The summed E-state index contributed by atoms with van der Waals surface area (Å²) in [6.07, 6.45) is 5.87. The van der Waals surface area contributed by atoms with Crippen LogP contribution in [-0.4, -0.2) is 50.0 Å². The van der Waals surface area contributed by atoms with Crippen molar-refractivity contribution in [3.8, 4) is 0 Å². The van der Waals surface area contributed by atoms with Gasteiger partial charge in [0, 0.05) is 41.8 Å². The Kier molecular flexibility index (Phi) is 6.91. The van der Waals surface area contributed by atoms with Crippen LogP contribution in [0, 0.1) is 5.92 Å². The molecule has 2 saturated heterocycles. The first-order valence-electron chi connectivity index (χ1n) is 10.6. The highest BCUT2D eigenvalue weighted by Gasteiger charge is 2.48. The molecule has 2 aromatic rings. The largest absolute Gasteiger partial charge is 0.335 e. The van der Waals surface area contributed by atoms with E-state index in [-0.39, 0.29) is 17.9 Å². The van der Waals surface area contributed by atoms with Gasteiger partial charge in [0.05, 0.1) is 17.1 Å². The summed E-state index contributed by atoms with van der Waals surface area (Å²) in [5.41, 5.74) is 0.814. The molecule has 0 spiro atoms. The number of aromatic nitrogens is 1. The van der Waals surface area contributed by atoms with Gasteiger partial charge in [0.15, 0.2) is 0 Å². The van der Waals surface area contributed by atoms with Gasteiger partial charge in [-0.25, -0.2) is 8.57 Å². The molecule has 1 aromatic carbocycles. The molecule has 1 amide bonds. The Hall–Kier alpha value is -1.93. The SMILES string of the molecule is C=C[C@H]1CN(Cc2ccccn2)C(=O)[C@@H]2CCC[C@H]1N2[S@@](=O)(=NC)c1cc(Cl)cc(Cl)c1. The van der Waals surface area contributed by atoms with Gasteiger partial charge in [-0.3, -0.25) is 9.78 Å². The summed E-state index contributed by atoms with van der Waals surface area (Å²) in [5, 5.41) is 0.763. The molecule has 0 saturated carbocycles. The fourth-order valence-electron chi connectivity index (χ4n) is 4.74. The van der Waals surface area contributed by atoms with Crippen molar-refractivity contribution in [3.63, 3.8) is 0 Å². The topological polar surface area (TPSA) is 65.9 Å². The molecule has 170 valence electrons. The lowest BCUT2D eigenvalue weighted by Gasteiger charge is -2.42. The standard InChI is InChI=1S/C23H26Cl2N4O2S/c1-3-16-14-28(15-19-7-4-5-10-27-19)23(30)22-9-6-8-21(16)29(22)32(31,26-2)20-12-17(24)11-18(25)13-20/h3-5,7,10-13,16,21-22H,1,6,8-9,14-15H2,2H3/t16-,21+,22-,32-/m0/s1. The molecule has 2 bridgehead atoms. The van der Waals surface area contributed by atoms with Crippen LogP contribution in [0.25, 0.3) is 0 Å². The molecule has 32 heavy (non-hydrogen) atoms. The molecule has 0 unspecified atom stereocenters. The molecule has 3 heterocycles. The third kappa shape index (κ3) is 4.31. The highest BCUT2D eigenvalue weighted by atomic mass is 35.5. The summed E-state index contributed by atoms with van der Waals surface area (Å²) >= 11 is 12.5. The van der Waals surface area contributed by atoms with Crippen molar-refractivity contribution >= 4 is 39.0 Å². The number of halogens is 2. The van der Waals surface area contributed by atoms with E-state index in [1.54, 1.807) is 24.4 Å². The Bertz CT molecular complexity index is 1110. The zero-order valence-corrected chi connectivity index (χ0v) is 20.2. The summed E-state index contributed by atoms with van der Waals surface area (Å²) in [6.45, 7) is 4.93. The summed E-state index contributed by atoms with van der Waals surface area (Å²) < 4.78 is 20.7. The van der Waals surface area contributed by atoms with Crippen LogP contribution in [0.3, 0.4) is 0 Å². The molecule has 2 fully saturated rings. The van der Waals surface area contributed by atoms with Gasteiger partial charge in [-0.15, -0.1) is 6.58 Å². The number of benzene rings is 1. The van der Waals surface area contributed by atoms with Gasteiger partial charge in [0.2, 0.25) is 5.91 Å². The molecule has 2 aliphatic rings. The Balaban J connectivity index is 1.80. The molecule has 1 aromatic heterocycles. The summed E-state index contributed by atoms with van der Waals surface area (Å²) in [5.74, 6) is -0.126. The van der Waals surface area contributed by atoms with E-state index in [0.29, 0.717) is 34.5 Å². The van der Waals surface area contributed by atoms with E-state index in [0.717, 1.165) is 18.5 Å². The Morgan fingerprint density at radius 2 is 2.00 bits per heavy atom. The molecule has 0 radical (unpaired) electrons. The van der Waals surface area contributed by atoms with Gasteiger partial charge in [0.25, 0.3) is 0 Å². The lowest BCUT2D eigenvalue weighted by molar-refractivity contribution is -0.135. The average Bonchev–Trinajstić information content (AvgIpc) is 2.86. The lowest BCUT2D eigenvalue weighted by atomic mass is 9.90. The minimum atomic E-state index is -3.13. The second-order valence-electron chi connectivity index (χ2n) is 8.10. The average molecular weight is 493 g/mol. The normalized spacial score (nSPS) is 25.7. The highest BCUT2D eigenvalue weighted by Crippen LogP contribution is 2.39. The van der Waals surface area contributed by atoms with Crippen LogP contribution in [0.4, 0.5) is 0 Å². The molecule has 4 atom stereocenters. The number of carbonyl (C=O) groups excluding carboxylic acids is 1. The molecular weight excluding hydrogens is 467 g/mol. The predicted molar refractivity (Wildman–Crippen MR) is 128 cm³/mol. The van der Waals surface area contributed by atoms with Crippen LogP contribution in [0.5, 0.6) is 0 Å². The quantitative estimate of drug-likeness (QED) is 0.561. The second-order valence-corrected chi connectivity index (χ2v) is 11.2. The van der Waals surface area contributed by atoms with Crippen LogP contribution in [-0.2, 0) is 21.3 Å². The fourth-order valence-corrected chi connectivity index (χ4v) is 7.77. The van der Waals surface area contributed by atoms with Gasteiger partial charge < -0.3 is 4.90 Å². The molecular formula is C23H26Cl2N4O2S. The molecule has 0 N–H and O–H groups in total. The number of carbonyl (C=O) groups is 1. The fraction of sp³-hybridized carbons (Fsp3) is 0.391. The van der Waals surface area contributed by atoms with Gasteiger partial charge in [0.1, 0.15) is 16.0 Å². The van der Waals surface area contributed by atoms with E-state index in [9.17, 15) is 9.00 Å². The number of hydrogen-bond donors (Lipinski definition) is 0. The lowest BCUT2D eigenvalue weighted by Crippen LogP contribution is -2.54. The van der Waals surface area contributed by atoms with Crippen LogP contribution in [0.2, 0.25) is 10.0 Å². The first-order valence-corrected chi connectivity index (χ1v) is 12.8. The summed E-state index contributed by atoms with van der Waals surface area (Å²) in [4.78, 5) is 20.4. The number of pyridine rings is 1. The Morgan fingerprint density at radius 1 is 1.25 bits per heavy atom.